The van der Waals surface area contributed by atoms with Crippen molar-refractivity contribution in [1.29, 1.82) is 0 Å². The second-order valence-corrected chi connectivity index (χ2v) is 6.36. The third-order valence-electron chi connectivity index (χ3n) is 4.98. The molecule has 1 saturated heterocycles. The van der Waals surface area contributed by atoms with E-state index >= 15 is 0 Å². The predicted octanol–water partition coefficient (Wildman–Crippen LogP) is 2.53. The Labute approximate surface area is 118 Å². The van der Waals surface area contributed by atoms with Crippen LogP contribution in [0, 0.1) is 0 Å². The van der Waals surface area contributed by atoms with Crippen LogP contribution in [-0.4, -0.2) is 47.8 Å². The number of nitrogens with zero attached hydrogens (tertiary/aromatic N) is 1. The summed E-state index contributed by atoms with van der Waals surface area (Å²) in [5, 5.41) is 12.9. The summed E-state index contributed by atoms with van der Waals surface area (Å²) in [4.78, 5) is 2.73. The number of aliphatic hydroxyl groups excluding tert-OH is 1. The van der Waals surface area contributed by atoms with Gasteiger partial charge >= 0.3 is 0 Å². The zero-order valence-electron chi connectivity index (χ0n) is 12.6. The van der Waals surface area contributed by atoms with Crippen LogP contribution >= 0.6 is 0 Å². The first-order valence-corrected chi connectivity index (χ1v) is 8.45. The van der Waals surface area contributed by atoms with E-state index in [0.717, 1.165) is 18.5 Å². The van der Waals surface area contributed by atoms with Gasteiger partial charge in [0.2, 0.25) is 0 Å². The number of hydrogen-bond acceptors (Lipinski definition) is 3. The van der Waals surface area contributed by atoms with Crippen LogP contribution in [0.4, 0.5) is 0 Å². The summed E-state index contributed by atoms with van der Waals surface area (Å²) in [5.41, 5.74) is 0. The summed E-state index contributed by atoms with van der Waals surface area (Å²) in [6.45, 7) is 5.04. The molecule has 1 aliphatic heterocycles. The Balaban J connectivity index is 1.78. The van der Waals surface area contributed by atoms with Crippen molar-refractivity contribution in [2.75, 3.05) is 19.7 Å². The minimum atomic E-state index is 0.356. The van der Waals surface area contributed by atoms with Crippen molar-refractivity contribution in [2.45, 2.75) is 82.8 Å². The molecule has 0 bridgehead atoms. The summed E-state index contributed by atoms with van der Waals surface area (Å²) in [7, 11) is 0. The van der Waals surface area contributed by atoms with E-state index in [1.807, 2.05) is 0 Å². The molecule has 1 saturated carbocycles. The molecule has 2 rings (SSSR count). The number of rotatable bonds is 6. The van der Waals surface area contributed by atoms with E-state index in [0.29, 0.717) is 12.6 Å². The highest BCUT2D eigenvalue weighted by Crippen LogP contribution is 2.29. The van der Waals surface area contributed by atoms with Gasteiger partial charge in [-0.1, -0.05) is 13.3 Å². The molecular weight excluding hydrogens is 236 g/mol. The average Bonchev–Trinajstić information content (AvgIpc) is 2.47. The summed E-state index contributed by atoms with van der Waals surface area (Å²) in [6, 6.07) is 2.21. The van der Waals surface area contributed by atoms with Gasteiger partial charge in [-0.2, -0.15) is 0 Å². The van der Waals surface area contributed by atoms with Crippen LogP contribution in [0.5, 0.6) is 0 Å². The molecule has 2 fully saturated rings. The third-order valence-corrected chi connectivity index (χ3v) is 4.98. The standard InChI is InChI=1S/C16H32N2O/c1-2-11-17-14-6-8-16(9-7-14)18-12-4-3-5-15(18)10-13-19/h14-17,19H,2-13H2,1H3. The molecular formula is C16H32N2O. The highest BCUT2D eigenvalue weighted by atomic mass is 16.3. The second kappa shape index (κ2) is 8.23. The second-order valence-electron chi connectivity index (χ2n) is 6.36. The summed E-state index contributed by atoms with van der Waals surface area (Å²) in [5.74, 6) is 0. The lowest BCUT2D eigenvalue weighted by atomic mass is 9.87. The molecule has 112 valence electrons. The maximum atomic E-state index is 9.24. The molecule has 3 heteroatoms. The molecule has 1 unspecified atom stereocenters. The molecule has 0 spiro atoms. The molecule has 1 aliphatic carbocycles. The summed E-state index contributed by atoms with van der Waals surface area (Å²) < 4.78 is 0. The lowest BCUT2D eigenvalue weighted by molar-refractivity contribution is 0.0529. The Morgan fingerprint density at radius 3 is 2.58 bits per heavy atom. The molecule has 0 radical (unpaired) electrons. The van der Waals surface area contributed by atoms with Crippen molar-refractivity contribution in [3.8, 4) is 0 Å². The van der Waals surface area contributed by atoms with E-state index in [-0.39, 0.29) is 0 Å². The van der Waals surface area contributed by atoms with Crippen molar-refractivity contribution in [2.24, 2.45) is 0 Å². The van der Waals surface area contributed by atoms with Gasteiger partial charge in [-0.25, -0.2) is 0 Å². The van der Waals surface area contributed by atoms with E-state index in [4.69, 9.17) is 0 Å². The molecule has 1 heterocycles. The number of hydrogen-bond donors (Lipinski definition) is 2. The first-order chi connectivity index (χ1) is 9.35. The Kier molecular flexibility index (Phi) is 6.62. The van der Waals surface area contributed by atoms with Crippen molar-refractivity contribution < 1.29 is 5.11 Å². The maximum Gasteiger partial charge on any atom is 0.0445 e. The van der Waals surface area contributed by atoms with E-state index < -0.39 is 0 Å². The molecule has 0 amide bonds. The number of likely N-dealkylation sites (tertiary alicyclic amines) is 1. The van der Waals surface area contributed by atoms with Crippen LogP contribution in [0.2, 0.25) is 0 Å². The fraction of sp³-hybridized carbons (Fsp3) is 1.00. The van der Waals surface area contributed by atoms with Crippen LogP contribution in [-0.2, 0) is 0 Å². The number of nitrogens with one attached hydrogen (secondary N) is 1. The van der Waals surface area contributed by atoms with E-state index in [1.54, 1.807) is 0 Å². The van der Waals surface area contributed by atoms with Gasteiger partial charge in [0.1, 0.15) is 0 Å². The van der Waals surface area contributed by atoms with Gasteiger partial charge in [-0.15, -0.1) is 0 Å². The molecule has 2 aliphatic rings. The predicted molar refractivity (Wildman–Crippen MR) is 80.4 cm³/mol. The van der Waals surface area contributed by atoms with Gasteiger partial charge in [0.25, 0.3) is 0 Å². The van der Waals surface area contributed by atoms with Gasteiger partial charge in [0, 0.05) is 24.7 Å². The van der Waals surface area contributed by atoms with Gasteiger partial charge in [0.05, 0.1) is 0 Å². The highest BCUT2D eigenvalue weighted by Gasteiger charge is 2.31. The summed E-state index contributed by atoms with van der Waals surface area (Å²) in [6.07, 6.45) is 11.6. The third kappa shape index (κ3) is 4.44. The van der Waals surface area contributed by atoms with Crippen molar-refractivity contribution in [1.82, 2.24) is 10.2 Å². The van der Waals surface area contributed by atoms with Crippen molar-refractivity contribution in [3.63, 3.8) is 0 Å². The topological polar surface area (TPSA) is 35.5 Å². The van der Waals surface area contributed by atoms with E-state index in [2.05, 4.69) is 17.1 Å². The molecule has 0 aromatic heterocycles. The Morgan fingerprint density at radius 2 is 1.89 bits per heavy atom. The van der Waals surface area contributed by atoms with E-state index in [9.17, 15) is 5.11 Å². The quantitative estimate of drug-likeness (QED) is 0.777. The minimum absolute atomic E-state index is 0.356. The normalized spacial score (nSPS) is 33.5. The van der Waals surface area contributed by atoms with Crippen LogP contribution < -0.4 is 5.32 Å². The molecule has 1 atom stereocenters. The smallest absolute Gasteiger partial charge is 0.0445 e. The molecule has 2 N–H and O–H groups in total. The highest BCUT2D eigenvalue weighted by molar-refractivity contribution is 4.88. The van der Waals surface area contributed by atoms with Crippen LogP contribution in [0.15, 0.2) is 0 Å². The van der Waals surface area contributed by atoms with Gasteiger partial charge in [-0.05, 0) is 64.5 Å². The summed E-state index contributed by atoms with van der Waals surface area (Å²) >= 11 is 0. The van der Waals surface area contributed by atoms with Gasteiger partial charge in [0.15, 0.2) is 0 Å². The number of aliphatic hydroxyl groups is 1. The zero-order valence-corrected chi connectivity index (χ0v) is 12.6. The molecule has 19 heavy (non-hydrogen) atoms. The Morgan fingerprint density at radius 1 is 1.11 bits per heavy atom. The fourth-order valence-corrected chi connectivity index (χ4v) is 3.92. The van der Waals surface area contributed by atoms with E-state index in [1.165, 1.54) is 64.5 Å². The van der Waals surface area contributed by atoms with Crippen LogP contribution in [0.3, 0.4) is 0 Å². The minimum Gasteiger partial charge on any atom is -0.396 e. The van der Waals surface area contributed by atoms with Gasteiger partial charge in [-0.3, -0.25) is 4.90 Å². The first kappa shape index (κ1) is 15.3. The van der Waals surface area contributed by atoms with Gasteiger partial charge < -0.3 is 10.4 Å². The largest absolute Gasteiger partial charge is 0.396 e. The SMILES string of the molecule is CCCNC1CCC(N2CCCCC2CCO)CC1. The van der Waals surface area contributed by atoms with Crippen LogP contribution in [0.1, 0.15) is 64.7 Å². The van der Waals surface area contributed by atoms with Crippen molar-refractivity contribution in [3.05, 3.63) is 0 Å². The first-order valence-electron chi connectivity index (χ1n) is 8.45. The lowest BCUT2D eigenvalue weighted by Crippen LogP contribution is -2.49. The zero-order chi connectivity index (χ0) is 13.5. The Hall–Kier alpha value is -0.120. The van der Waals surface area contributed by atoms with Crippen LogP contribution in [0.25, 0.3) is 0 Å². The molecule has 0 aromatic carbocycles. The number of piperidine rings is 1. The Bertz CT molecular complexity index is 237. The monoisotopic (exact) mass is 268 g/mol. The molecule has 0 aromatic rings. The maximum absolute atomic E-state index is 9.24. The molecule has 3 nitrogen and oxygen atoms in total. The lowest BCUT2D eigenvalue weighted by Gasteiger charge is -2.44. The van der Waals surface area contributed by atoms with Crippen molar-refractivity contribution >= 4 is 0 Å². The average molecular weight is 268 g/mol. The fourth-order valence-electron chi connectivity index (χ4n) is 3.92.